The minimum Gasteiger partial charge on any atom is -0.494 e. The molecular weight excluding hydrogens is 490 g/mol. The number of hydrogen-bond donors (Lipinski definition) is 0. The fourth-order valence-electron chi connectivity index (χ4n) is 4.28. The quantitative estimate of drug-likeness (QED) is 0.180. The van der Waals surface area contributed by atoms with Gasteiger partial charge in [0.15, 0.2) is 0 Å². The molecule has 1 fully saturated rings. The first-order valence-electron chi connectivity index (χ1n) is 13.0. The summed E-state index contributed by atoms with van der Waals surface area (Å²) in [5, 5.41) is 1.86. The maximum Gasteiger partial charge on any atom is 0.311 e. The number of esters is 1. The van der Waals surface area contributed by atoms with Gasteiger partial charge in [-0.15, -0.1) is 0 Å². The van der Waals surface area contributed by atoms with Crippen LogP contribution in [0.1, 0.15) is 32.3 Å². The smallest absolute Gasteiger partial charge is 0.311 e. The third-order valence-electron chi connectivity index (χ3n) is 6.54. The molecule has 0 bridgehead atoms. The van der Waals surface area contributed by atoms with Crippen LogP contribution in [0.4, 0.5) is 5.69 Å². The predicted molar refractivity (Wildman–Crippen MR) is 148 cm³/mol. The summed E-state index contributed by atoms with van der Waals surface area (Å²) in [5.41, 5.74) is 3.05. The lowest BCUT2D eigenvalue weighted by Crippen LogP contribution is -2.46. The van der Waals surface area contributed by atoms with Crippen LogP contribution in [0.5, 0.6) is 11.6 Å². The molecule has 7 nitrogen and oxygen atoms in total. The van der Waals surface area contributed by atoms with E-state index in [1.807, 2.05) is 24.3 Å². The summed E-state index contributed by atoms with van der Waals surface area (Å²) in [6.07, 6.45) is 2.07. The molecule has 37 heavy (non-hydrogen) atoms. The van der Waals surface area contributed by atoms with E-state index in [0.717, 1.165) is 78.5 Å². The van der Waals surface area contributed by atoms with Crippen molar-refractivity contribution >= 4 is 34.2 Å². The number of piperazine rings is 1. The standard InChI is InChI=1S/C29H36ClN3O4/c1-21(2)29(34)37-20-36-27-12-10-23-9-11-24(19-25(23)31-27)35-18-5-4-13-32-14-16-33(17-15-32)26-8-6-7-22(3)28(26)30/h6-12,19,21H,4-5,13-18,20H2,1-3H3. The van der Waals surface area contributed by atoms with Crippen LogP contribution in [-0.2, 0) is 9.53 Å². The van der Waals surface area contributed by atoms with Gasteiger partial charge in [-0.3, -0.25) is 9.69 Å². The lowest BCUT2D eigenvalue weighted by atomic mass is 10.2. The van der Waals surface area contributed by atoms with Crippen molar-refractivity contribution in [3.63, 3.8) is 0 Å². The van der Waals surface area contributed by atoms with E-state index < -0.39 is 0 Å². The number of pyridine rings is 1. The molecular formula is C29H36ClN3O4. The van der Waals surface area contributed by atoms with Crippen LogP contribution in [0.15, 0.2) is 48.5 Å². The van der Waals surface area contributed by atoms with E-state index in [1.54, 1.807) is 19.9 Å². The van der Waals surface area contributed by atoms with Gasteiger partial charge in [0.25, 0.3) is 0 Å². The van der Waals surface area contributed by atoms with Gasteiger partial charge in [-0.25, -0.2) is 4.98 Å². The maximum atomic E-state index is 11.6. The average Bonchev–Trinajstić information content (AvgIpc) is 2.90. The van der Waals surface area contributed by atoms with E-state index in [0.29, 0.717) is 12.5 Å². The zero-order chi connectivity index (χ0) is 26.2. The Morgan fingerprint density at radius 3 is 2.59 bits per heavy atom. The first kappa shape index (κ1) is 27.0. The van der Waals surface area contributed by atoms with Gasteiger partial charge in [0.1, 0.15) is 5.75 Å². The summed E-state index contributed by atoms with van der Waals surface area (Å²) in [6.45, 7) is 11.3. The van der Waals surface area contributed by atoms with Crippen molar-refractivity contribution in [1.82, 2.24) is 9.88 Å². The second kappa shape index (κ2) is 13.0. The van der Waals surface area contributed by atoms with Crippen molar-refractivity contribution in [1.29, 1.82) is 0 Å². The molecule has 1 saturated heterocycles. The molecule has 8 heteroatoms. The normalized spacial score (nSPS) is 14.2. The van der Waals surface area contributed by atoms with Crippen LogP contribution in [0.25, 0.3) is 10.9 Å². The molecule has 0 aliphatic carbocycles. The Morgan fingerprint density at radius 2 is 1.81 bits per heavy atom. The van der Waals surface area contributed by atoms with E-state index in [2.05, 4.69) is 39.9 Å². The Labute approximate surface area is 224 Å². The van der Waals surface area contributed by atoms with Gasteiger partial charge in [0.2, 0.25) is 12.7 Å². The topological polar surface area (TPSA) is 64.1 Å². The number of rotatable bonds is 11. The van der Waals surface area contributed by atoms with Gasteiger partial charge >= 0.3 is 5.97 Å². The fraction of sp³-hybridized carbons (Fsp3) is 0.448. The minimum atomic E-state index is -0.300. The van der Waals surface area contributed by atoms with E-state index in [-0.39, 0.29) is 18.7 Å². The van der Waals surface area contributed by atoms with Crippen molar-refractivity contribution in [3.8, 4) is 11.6 Å². The van der Waals surface area contributed by atoms with Crippen molar-refractivity contribution in [3.05, 3.63) is 59.1 Å². The Kier molecular flexibility index (Phi) is 9.47. The molecule has 198 valence electrons. The number of aryl methyl sites for hydroxylation is 1. The highest BCUT2D eigenvalue weighted by atomic mass is 35.5. The van der Waals surface area contributed by atoms with Crippen molar-refractivity contribution in [2.45, 2.75) is 33.6 Å². The number of unbranched alkanes of at least 4 members (excludes halogenated alkanes) is 1. The van der Waals surface area contributed by atoms with Crippen molar-refractivity contribution < 1.29 is 19.0 Å². The van der Waals surface area contributed by atoms with E-state index in [4.69, 9.17) is 25.8 Å². The molecule has 0 saturated carbocycles. The number of carbonyl (C=O) groups is 1. The average molecular weight is 526 g/mol. The summed E-state index contributed by atoms with van der Waals surface area (Å²) < 4.78 is 16.5. The van der Waals surface area contributed by atoms with Crippen molar-refractivity contribution in [2.75, 3.05) is 51.0 Å². The number of nitrogens with zero attached hydrogens (tertiary/aromatic N) is 3. The summed E-state index contributed by atoms with van der Waals surface area (Å²) in [7, 11) is 0. The molecule has 0 spiro atoms. The molecule has 0 radical (unpaired) electrons. The zero-order valence-electron chi connectivity index (χ0n) is 21.9. The van der Waals surface area contributed by atoms with Crippen LogP contribution in [0.2, 0.25) is 5.02 Å². The Hall–Kier alpha value is -3.03. The predicted octanol–water partition coefficient (Wildman–Crippen LogP) is 5.71. The monoisotopic (exact) mass is 525 g/mol. The van der Waals surface area contributed by atoms with E-state index in [1.165, 1.54) is 0 Å². The van der Waals surface area contributed by atoms with Crippen LogP contribution in [0, 0.1) is 12.8 Å². The van der Waals surface area contributed by atoms with E-state index >= 15 is 0 Å². The summed E-state index contributed by atoms with van der Waals surface area (Å²) in [4.78, 5) is 21.0. The third kappa shape index (κ3) is 7.49. The summed E-state index contributed by atoms with van der Waals surface area (Å²) in [6, 6.07) is 15.8. The zero-order valence-corrected chi connectivity index (χ0v) is 22.7. The molecule has 0 amide bonds. The number of carbonyl (C=O) groups excluding carboxylic acids is 1. The second-order valence-electron chi connectivity index (χ2n) is 9.68. The molecule has 1 aliphatic heterocycles. The highest BCUT2D eigenvalue weighted by Gasteiger charge is 2.19. The third-order valence-corrected chi connectivity index (χ3v) is 7.03. The number of fused-ring (bicyclic) bond motifs is 1. The lowest BCUT2D eigenvalue weighted by Gasteiger charge is -2.36. The van der Waals surface area contributed by atoms with Gasteiger partial charge in [0, 0.05) is 43.7 Å². The molecule has 4 rings (SSSR count). The number of halogens is 1. The second-order valence-corrected chi connectivity index (χ2v) is 10.1. The Morgan fingerprint density at radius 1 is 1.03 bits per heavy atom. The molecule has 3 aromatic rings. The van der Waals surface area contributed by atoms with Gasteiger partial charge in [-0.05, 0) is 56.1 Å². The number of aromatic nitrogens is 1. The van der Waals surface area contributed by atoms with Crippen LogP contribution >= 0.6 is 11.6 Å². The Bertz CT molecular complexity index is 1190. The largest absolute Gasteiger partial charge is 0.494 e. The highest BCUT2D eigenvalue weighted by molar-refractivity contribution is 6.34. The minimum absolute atomic E-state index is 0.152. The fourth-order valence-corrected chi connectivity index (χ4v) is 4.52. The first-order chi connectivity index (χ1) is 17.9. The number of anilines is 1. The molecule has 0 unspecified atom stereocenters. The van der Waals surface area contributed by atoms with Gasteiger partial charge in [-0.1, -0.05) is 37.6 Å². The number of hydrogen-bond acceptors (Lipinski definition) is 7. The van der Waals surface area contributed by atoms with Crippen molar-refractivity contribution in [2.24, 2.45) is 5.92 Å². The Balaban J connectivity index is 1.17. The van der Waals surface area contributed by atoms with Crippen LogP contribution < -0.4 is 14.4 Å². The molecule has 2 heterocycles. The number of benzene rings is 2. The van der Waals surface area contributed by atoms with Crippen LogP contribution in [0.3, 0.4) is 0 Å². The summed E-state index contributed by atoms with van der Waals surface area (Å²) in [5.74, 6) is 0.700. The SMILES string of the molecule is Cc1cccc(N2CCN(CCCCOc3ccc4ccc(OCOC(=O)C(C)C)nc4c3)CC2)c1Cl. The van der Waals surface area contributed by atoms with Gasteiger partial charge in [0.05, 0.1) is 28.8 Å². The molecule has 0 N–H and O–H groups in total. The van der Waals surface area contributed by atoms with Gasteiger partial charge < -0.3 is 19.1 Å². The maximum absolute atomic E-state index is 11.6. The molecule has 0 atom stereocenters. The molecule has 1 aromatic heterocycles. The molecule has 2 aromatic carbocycles. The molecule has 1 aliphatic rings. The van der Waals surface area contributed by atoms with Crippen LogP contribution in [-0.4, -0.2) is 62.0 Å². The van der Waals surface area contributed by atoms with E-state index in [9.17, 15) is 4.79 Å². The summed E-state index contributed by atoms with van der Waals surface area (Å²) >= 11 is 6.52. The first-order valence-corrected chi connectivity index (χ1v) is 13.3. The highest BCUT2D eigenvalue weighted by Crippen LogP contribution is 2.29. The lowest BCUT2D eigenvalue weighted by molar-refractivity contribution is -0.154. The van der Waals surface area contributed by atoms with Gasteiger partial charge in [-0.2, -0.15) is 0 Å². The number of ether oxygens (including phenoxy) is 3.